The monoisotopic (exact) mass is 296 g/mol. The number of aryl methyl sites for hydroxylation is 2. The maximum atomic E-state index is 12.3. The van der Waals surface area contributed by atoms with Gasteiger partial charge in [0.05, 0.1) is 4.90 Å². The second-order valence-corrected chi connectivity index (χ2v) is 7.60. The minimum Gasteiger partial charge on any atom is -0.299 e. The molecule has 20 heavy (non-hydrogen) atoms. The maximum absolute atomic E-state index is 12.3. The quantitative estimate of drug-likeness (QED) is 0.874. The zero-order valence-electron chi connectivity index (χ0n) is 12.7. The molecule has 1 atom stereocenters. The largest absolute Gasteiger partial charge is 0.299 e. The molecule has 0 radical (unpaired) electrons. The van der Waals surface area contributed by atoms with Crippen molar-refractivity contribution in [3.63, 3.8) is 0 Å². The van der Waals surface area contributed by atoms with Crippen molar-refractivity contribution in [1.82, 2.24) is 9.62 Å². The lowest BCUT2D eigenvalue weighted by Gasteiger charge is -2.24. The second kappa shape index (κ2) is 5.84. The molecule has 1 fully saturated rings. The lowest BCUT2D eigenvalue weighted by atomic mass is 10.2. The van der Waals surface area contributed by atoms with Gasteiger partial charge in [-0.1, -0.05) is 17.7 Å². The normalized spacial score (nSPS) is 17.4. The number of likely N-dealkylation sites (N-methyl/N-ethyl adjacent to an activating group) is 1. The molecule has 112 valence electrons. The molecule has 1 N–H and O–H groups in total. The van der Waals surface area contributed by atoms with Gasteiger partial charge in [-0.25, -0.2) is 13.1 Å². The second-order valence-electron chi connectivity index (χ2n) is 5.87. The molecule has 1 saturated carbocycles. The van der Waals surface area contributed by atoms with Crippen molar-refractivity contribution in [2.45, 2.75) is 50.6 Å². The summed E-state index contributed by atoms with van der Waals surface area (Å²) in [7, 11) is -1.36. The third-order valence-corrected chi connectivity index (χ3v) is 5.59. The fourth-order valence-electron chi connectivity index (χ4n) is 2.39. The highest BCUT2D eigenvalue weighted by Crippen LogP contribution is 2.26. The zero-order chi connectivity index (χ0) is 14.9. The predicted octanol–water partition coefficient (Wildman–Crippen LogP) is 2.06. The fraction of sp³-hybridized carbons (Fsp3) is 0.600. The van der Waals surface area contributed by atoms with E-state index in [2.05, 4.69) is 23.6 Å². The van der Waals surface area contributed by atoms with E-state index in [1.807, 2.05) is 26.0 Å². The van der Waals surface area contributed by atoms with Gasteiger partial charge in [0.1, 0.15) is 0 Å². The molecule has 0 saturated heterocycles. The number of sulfonamides is 1. The minimum atomic E-state index is -3.42. The molecular weight excluding hydrogens is 272 g/mol. The number of nitrogens with one attached hydrogen (secondary N) is 1. The molecule has 0 heterocycles. The lowest BCUT2D eigenvalue weighted by Crippen LogP contribution is -2.41. The highest BCUT2D eigenvalue weighted by molar-refractivity contribution is 7.89. The molecule has 1 unspecified atom stereocenters. The lowest BCUT2D eigenvalue weighted by molar-refractivity contribution is 0.248. The Bertz CT molecular complexity index is 580. The van der Waals surface area contributed by atoms with Gasteiger partial charge in [-0.2, -0.15) is 0 Å². The number of rotatable bonds is 6. The molecule has 1 aliphatic rings. The molecule has 0 amide bonds. The van der Waals surface area contributed by atoms with Crippen LogP contribution >= 0.6 is 0 Å². The summed E-state index contributed by atoms with van der Waals surface area (Å²) < 4.78 is 27.4. The van der Waals surface area contributed by atoms with Crippen LogP contribution in [-0.2, 0) is 10.0 Å². The van der Waals surface area contributed by atoms with Crippen LogP contribution in [0.25, 0.3) is 0 Å². The smallest absolute Gasteiger partial charge is 0.240 e. The van der Waals surface area contributed by atoms with Crippen LogP contribution in [0.3, 0.4) is 0 Å². The SMILES string of the molecule is Cc1ccc(S(=O)(=O)NCC(C)N(C)C2CC2)c(C)c1. The van der Waals surface area contributed by atoms with Gasteiger partial charge in [0.2, 0.25) is 10.0 Å². The van der Waals surface area contributed by atoms with E-state index in [-0.39, 0.29) is 6.04 Å². The predicted molar refractivity (Wildman–Crippen MR) is 81.4 cm³/mol. The van der Waals surface area contributed by atoms with Gasteiger partial charge in [0.25, 0.3) is 0 Å². The highest BCUT2D eigenvalue weighted by Gasteiger charge is 2.29. The molecule has 2 rings (SSSR count). The zero-order valence-corrected chi connectivity index (χ0v) is 13.5. The Hall–Kier alpha value is -0.910. The van der Waals surface area contributed by atoms with Crippen LogP contribution in [0.2, 0.25) is 0 Å². The van der Waals surface area contributed by atoms with Crippen LogP contribution in [0.1, 0.15) is 30.9 Å². The van der Waals surface area contributed by atoms with E-state index >= 15 is 0 Å². The van der Waals surface area contributed by atoms with Crippen LogP contribution in [0, 0.1) is 13.8 Å². The Kier molecular flexibility index (Phi) is 4.52. The van der Waals surface area contributed by atoms with E-state index in [1.54, 1.807) is 6.07 Å². The Labute approximate surface area is 122 Å². The van der Waals surface area contributed by atoms with Crippen LogP contribution in [0.4, 0.5) is 0 Å². The van der Waals surface area contributed by atoms with Crippen LogP contribution in [0.15, 0.2) is 23.1 Å². The summed E-state index contributed by atoms with van der Waals surface area (Å²) in [5.41, 5.74) is 1.86. The highest BCUT2D eigenvalue weighted by atomic mass is 32.2. The van der Waals surface area contributed by atoms with E-state index in [0.29, 0.717) is 17.5 Å². The summed E-state index contributed by atoms with van der Waals surface area (Å²) in [4.78, 5) is 2.63. The van der Waals surface area contributed by atoms with Gasteiger partial charge in [-0.15, -0.1) is 0 Å². The molecule has 1 aromatic rings. The summed E-state index contributed by atoms with van der Waals surface area (Å²) in [5.74, 6) is 0. The van der Waals surface area contributed by atoms with E-state index in [9.17, 15) is 8.42 Å². The molecular formula is C15H24N2O2S. The summed E-state index contributed by atoms with van der Waals surface area (Å²) in [6, 6.07) is 6.26. The standard InChI is InChI=1S/C15H24N2O2S/c1-11-5-8-15(12(2)9-11)20(18,19)16-10-13(3)17(4)14-6-7-14/h5,8-9,13-14,16H,6-7,10H2,1-4H3. The summed E-state index contributed by atoms with van der Waals surface area (Å²) in [5, 5.41) is 0. The van der Waals surface area contributed by atoms with Gasteiger partial charge in [0.15, 0.2) is 0 Å². The summed E-state index contributed by atoms with van der Waals surface area (Å²) in [6.45, 7) is 6.30. The van der Waals surface area contributed by atoms with Crippen LogP contribution in [-0.4, -0.2) is 39.0 Å². The van der Waals surface area contributed by atoms with Gasteiger partial charge in [-0.05, 0) is 52.3 Å². The first-order chi connectivity index (χ1) is 9.31. The molecule has 0 aliphatic heterocycles. The molecule has 0 spiro atoms. The van der Waals surface area contributed by atoms with Crippen LogP contribution < -0.4 is 4.72 Å². The maximum Gasteiger partial charge on any atom is 0.240 e. The number of nitrogens with zero attached hydrogens (tertiary/aromatic N) is 1. The van der Waals surface area contributed by atoms with Gasteiger partial charge in [0, 0.05) is 18.6 Å². The van der Waals surface area contributed by atoms with Crippen molar-refractivity contribution in [2.24, 2.45) is 0 Å². The third kappa shape index (κ3) is 3.59. The number of hydrogen-bond donors (Lipinski definition) is 1. The van der Waals surface area contributed by atoms with Gasteiger partial charge < -0.3 is 0 Å². The van der Waals surface area contributed by atoms with Gasteiger partial charge in [-0.3, -0.25) is 4.90 Å². The van der Waals surface area contributed by atoms with Gasteiger partial charge >= 0.3 is 0 Å². The van der Waals surface area contributed by atoms with Crippen molar-refractivity contribution in [3.05, 3.63) is 29.3 Å². The molecule has 0 aromatic heterocycles. The van der Waals surface area contributed by atoms with Crippen molar-refractivity contribution >= 4 is 10.0 Å². The van der Waals surface area contributed by atoms with Crippen LogP contribution in [0.5, 0.6) is 0 Å². The third-order valence-electron chi connectivity index (χ3n) is 4.01. The molecule has 0 bridgehead atoms. The topological polar surface area (TPSA) is 49.4 Å². The van der Waals surface area contributed by atoms with E-state index < -0.39 is 10.0 Å². The Morgan fingerprint density at radius 3 is 2.55 bits per heavy atom. The minimum absolute atomic E-state index is 0.211. The summed E-state index contributed by atoms with van der Waals surface area (Å²) >= 11 is 0. The van der Waals surface area contributed by atoms with E-state index in [4.69, 9.17) is 0 Å². The number of benzene rings is 1. The first-order valence-electron chi connectivity index (χ1n) is 7.10. The van der Waals surface area contributed by atoms with Crippen molar-refractivity contribution < 1.29 is 8.42 Å². The van der Waals surface area contributed by atoms with Crippen molar-refractivity contribution in [2.75, 3.05) is 13.6 Å². The molecule has 1 aliphatic carbocycles. The first-order valence-corrected chi connectivity index (χ1v) is 8.58. The average molecular weight is 296 g/mol. The Morgan fingerprint density at radius 1 is 1.35 bits per heavy atom. The fourth-order valence-corrected chi connectivity index (χ4v) is 3.74. The molecule has 5 heteroatoms. The average Bonchev–Trinajstić information content (AvgIpc) is 3.18. The molecule has 1 aromatic carbocycles. The van der Waals surface area contributed by atoms with Crippen molar-refractivity contribution in [3.8, 4) is 0 Å². The van der Waals surface area contributed by atoms with E-state index in [0.717, 1.165) is 11.1 Å². The molecule has 4 nitrogen and oxygen atoms in total. The Balaban J connectivity index is 2.03. The Morgan fingerprint density at radius 2 is 2.00 bits per heavy atom. The first kappa shape index (κ1) is 15.5. The van der Waals surface area contributed by atoms with E-state index in [1.165, 1.54) is 12.8 Å². The number of hydrogen-bond acceptors (Lipinski definition) is 3. The summed E-state index contributed by atoms with van der Waals surface area (Å²) in [6.07, 6.45) is 2.45. The van der Waals surface area contributed by atoms with Crippen molar-refractivity contribution in [1.29, 1.82) is 0 Å².